The van der Waals surface area contributed by atoms with E-state index in [-0.39, 0.29) is 6.04 Å². The van der Waals surface area contributed by atoms with Gasteiger partial charge in [0, 0.05) is 5.56 Å². The van der Waals surface area contributed by atoms with Crippen molar-refractivity contribution in [3.8, 4) is 5.75 Å². The topological polar surface area (TPSA) is 58.6 Å². The van der Waals surface area contributed by atoms with Gasteiger partial charge in [0.1, 0.15) is 18.4 Å². The Hall–Kier alpha value is -2.33. The standard InChI is InChI=1S/C16H15NO3/c18-16(19)15(11-6-2-1-3-7-11)17-13-10-20-14-9-5-4-8-12(13)14/h1-9,13,15,17H,10H2,(H,18,19). The number of para-hydroxylation sites is 1. The second-order valence-electron chi connectivity index (χ2n) is 4.75. The molecule has 4 nitrogen and oxygen atoms in total. The molecule has 0 spiro atoms. The van der Waals surface area contributed by atoms with Crippen LogP contribution in [0.3, 0.4) is 0 Å². The number of ether oxygens (including phenoxy) is 1. The molecule has 0 radical (unpaired) electrons. The van der Waals surface area contributed by atoms with Crippen molar-refractivity contribution < 1.29 is 14.6 Å². The number of benzene rings is 2. The van der Waals surface area contributed by atoms with E-state index in [0.29, 0.717) is 6.61 Å². The first-order valence-electron chi connectivity index (χ1n) is 6.51. The SMILES string of the molecule is O=C(O)C(NC1COc2ccccc21)c1ccccc1. The molecule has 2 aromatic rings. The van der Waals surface area contributed by atoms with Gasteiger partial charge in [0.2, 0.25) is 0 Å². The average molecular weight is 269 g/mol. The van der Waals surface area contributed by atoms with Gasteiger partial charge in [0.25, 0.3) is 0 Å². The van der Waals surface area contributed by atoms with Gasteiger partial charge in [0.05, 0.1) is 6.04 Å². The number of rotatable bonds is 4. The van der Waals surface area contributed by atoms with Crippen molar-refractivity contribution in [1.29, 1.82) is 0 Å². The predicted molar refractivity (Wildman–Crippen MR) is 74.6 cm³/mol. The van der Waals surface area contributed by atoms with Crippen molar-refractivity contribution >= 4 is 5.97 Å². The summed E-state index contributed by atoms with van der Waals surface area (Å²) < 4.78 is 5.57. The van der Waals surface area contributed by atoms with E-state index in [0.717, 1.165) is 16.9 Å². The first kappa shape index (κ1) is 12.7. The Morgan fingerprint density at radius 2 is 1.85 bits per heavy atom. The van der Waals surface area contributed by atoms with E-state index in [2.05, 4.69) is 5.32 Å². The van der Waals surface area contributed by atoms with E-state index in [1.807, 2.05) is 54.6 Å². The maximum absolute atomic E-state index is 11.5. The van der Waals surface area contributed by atoms with Crippen LogP contribution in [0.4, 0.5) is 0 Å². The lowest BCUT2D eigenvalue weighted by molar-refractivity contribution is -0.139. The highest BCUT2D eigenvalue weighted by Gasteiger charge is 2.29. The summed E-state index contributed by atoms with van der Waals surface area (Å²) in [5.41, 5.74) is 1.75. The maximum Gasteiger partial charge on any atom is 0.325 e. The smallest absolute Gasteiger partial charge is 0.325 e. The van der Waals surface area contributed by atoms with Crippen LogP contribution in [0, 0.1) is 0 Å². The zero-order valence-corrected chi connectivity index (χ0v) is 10.8. The monoisotopic (exact) mass is 269 g/mol. The Labute approximate surface area is 117 Å². The highest BCUT2D eigenvalue weighted by molar-refractivity contribution is 5.75. The normalized spacial score (nSPS) is 18.1. The zero-order chi connectivity index (χ0) is 13.9. The van der Waals surface area contributed by atoms with Crippen molar-refractivity contribution in [1.82, 2.24) is 5.32 Å². The van der Waals surface area contributed by atoms with Gasteiger partial charge in [-0.3, -0.25) is 10.1 Å². The van der Waals surface area contributed by atoms with Crippen molar-refractivity contribution in [3.63, 3.8) is 0 Å². The molecule has 1 aliphatic rings. The van der Waals surface area contributed by atoms with Crippen molar-refractivity contribution in [2.45, 2.75) is 12.1 Å². The molecular formula is C16H15NO3. The fourth-order valence-corrected chi connectivity index (χ4v) is 2.46. The summed E-state index contributed by atoms with van der Waals surface area (Å²) in [6.07, 6.45) is 0. The molecule has 2 aromatic carbocycles. The number of hydrogen-bond donors (Lipinski definition) is 2. The summed E-state index contributed by atoms with van der Waals surface area (Å²) in [5, 5.41) is 12.6. The molecule has 0 saturated carbocycles. The van der Waals surface area contributed by atoms with Gasteiger partial charge in [-0.2, -0.15) is 0 Å². The van der Waals surface area contributed by atoms with Crippen LogP contribution in [0.2, 0.25) is 0 Å². The van der Waals surface area contributed by atoms with E-state index in [4.69, 9.17) is 4.74 Å². The first-order valence-corrected chi connectivity index (χ1v) is 6.51. The quantitative estimate of drug-likeness (QED) is 0.895. The van der Waals surface area contributed by atoms with Gasteiger partial charge in [-0.25, -0.2) is 0 Å². The zero-order valence-electron chi connectivity index (χ0n) is 10.8. The second-order valence-corrected chi connectivity index (χ2v) is 4.75. The molecule has 0 bridgehead atoms. The molecule has 20 heavy (non-hydrogen) atoms. The number of nitrogens with one attached hydrogen (secondary N) is 1. The number of hydrogen-bond acceptors (Lipinski definition) is 3. The Balaban J connectivity index is 1.84. The summed E-state index contributed by atoms with van der Waals surface area (Å²) in [6.45, 7) is 0.454. The molecule has 0 amide bonds. The van der Waals surface area contributed by atoms with Crippen molar-refractivity contribution in [2.75, 3.05) is 6.61 Å². The lowest BCUT2D eigenvalue weighted by Gasteiger charge is -2.19. The predicted octanol–water partition coefficient (Wildman–Crippen LogP) is 2.54. The fourth-order valence-electron chi connectivity index (χ4n) is 2.46. The van der Waals surface area contributed by atoms with Crippen LogP contribution in [-0.2, 0) is 4.79 Å². The molecule has 2 N–H and O–H groups in total. The second kappa shape index (κ2) is 5.35. The minimum Gasteiger partial charge on any atom is -0.491 e. The van der Waals surface area contributed by atoms with Crippen LogP contribution in [0.5, 0.6) is 5.75 Å². The molecule has 3 rings (SSSR count). The molecule has 4 heteroatoms. The van der Waals surface area contributed by atoms with Gasteiger partial charge in [-0.1, -0.05) is 48.5 Å². The van der Waals surface area contributed by atoms with Crippen LogP contribution in [-0.4, -0.2) is 17.7 Å². The van der Waals surface area contributed by atoms with Crippen LogP contribution in [0.25, 0.3) is 0 Å². The third-order valence-electron chi connectivity index (χ3n) is 3.45. The molecule has 0 aliphatic carbocycles. The van der Waals surface area contributed by atoms with Gasteiger partial charge in [-0.15, -0.1) is 0 Å². The molecule has 0 fully saturated rings. The molecular weight excluding hydrogens is 254 g/mol. The van der Waals surface area contributed by atoms with Crippen molar-refractivity contribution in [2.24, 2.45) is 0 Å². The summed E-state index contributed by atoms with van der Waals surface area (Å²) in [7, 11) is 0. The molecule has 0 aromatic heterocycles. The summed E-state index contributed by atoms with van der Waals surface area (Å²) in [5.74, 6) is -0.0669. The Bertz CT molecular complexity index is 612. The lowest BCUT2D eigenvalue weighted by atomic mass is 10.0. The molecule has 1 aliphatic heterocycles. The van der Waals surface area contributed by atoms with E-state index in [9.17, 15) is 9.90 Å². The van der Waals surface area contributed by atoms with Crippen molar-refractivity contribution in [3.05, 3.63) is 65.7 Å². The lowest BCUT2D eigenvalue weighted by Crippen LogP contribution is -2.32. The van der Waals surface area contributed by atoms with E-state index >= 15 is 0 Å². The summed E-state index contributed by atoms with van der Waals surface area (Å²) in [6, 6.07) is 16.0. The molecule has 1 heterocycles. The summed E-state index contributed by atoms with van der Waals surface area (Å²) >= 11 is 0. The minimum atomic E-state index is -0.888. The van der Waals surface area contributed by atoms with E-state index in [1.54, 1.807) is 0 Å². The van der Waals surface area contributed by atoms with Gasteiger partial charge in [-0.05, 0) is 11.6 Å². The van der Waals surface area contributed by atoms with Gasteiger partial charge >= 0.3 is 5.97 Å². The highest BCUT2D eigenvalue weighted by atomic mass is 16.5. The third kappa shape index (κ3) is 2.38. The Kier molecular flexibility index (Phi) is 3.39. The average Bonchev–Trinajstić information content (AvgIpc) is 2.88. The summed E-state index contributed by atoms with van der Waals surface area (Å²) in [4.78, 5) is 11.5. The van der Waals surface area contributed by atoms with Crippen LogP contribution < -0.4 is 10.1 Å². The number of carboxylic acids is 1. The number of fused-ring (bicyclic) bond motifs is 1. The maximum atomic E-state index is 11.5. The van der Waals surface area contributed by atoms with Crippen LogP contribution in [0.1, 0.15) is 23.2 Å². The molecule has 2 unspecified atom stereocenters. The number of aliphatic carboxylic acids is 1. The van der Waals surface area contributed by atoms with Crippen LogP contribution >= 0.6 is 0 Å². The molecule has 2 atom stereocenters. The largest absolute Gasteiger partial charge is 0.491 e. The Morgan fingerprint density at radius 3 is 2.60 bits per heavy atom. The van der Waals surface area contributed by atoms with Gasteiger partial charge in [0.15, 0.2) is 0 Å². The van der Waals surface area contributed by atoms with Gasteiger partial charge < -0.3 is 9.84 Å². The van der Waals surface area contributed by atoms with E-state index in [1.165, 1.54) is 0 Å². The number of carbonyl (C=O) groups is 1. The number of carboxylic acid groups (broad SMARTS) is 1. The van der Waals surface area contributed by atoms with Crippen LogP contribution in [0.15, 0.2) is 54.6 Å². The minimum absolute atomic E-state index is 0.104. The van der Waals surface area contributed by atoms with E-state index < -0.39 is 12.0 Å². The molecule has 0 saturated heterocycles. The third-order valence-corrected chi connectivity index (χ3v) is 3.45. The Morgan fingerprint density at radius 1 is 1.15 bits per heavy atom. The highest BCUT2D eigenvalue weighted by Crippen LogP contribution is 2.33. The molecule has 102 valence electrons. The fraction of sp³-hybridized carbons (Fsp3) is 0.188. The first-order chi connectivity index (χ1) is 9.75.